The maximum Gasteiger partial charge on any atom is 0.327 e. The monoisotopic (exact) mass is 268 g/mol. The predicted molar refractivity (Wildman–Crippen MR) is 72.8 cm³/mol. The lowest BCUT2D eigenvalue weighted by Crippen LogP contribution is -2.14. The highest BCUT2D eigenvalue weighted by Crippen LogP contribution is 2.26. The van der Waals surface area contributed by atoms with Crippen LogP contribution in [0.25, 0.3) is 22.2 Å². The first kappa shape index (κ1) is 12.3. The number of tetrazole rings is 1. The van der Waals surface area contributed by atoms with Crippen LogP contribution in [0.1, 0.15) is 0 Å². The average Bonchev–Trinajstić information content (AvgIpc) is 2.94. The zero-order chi connectivity index (χ0) is 13.9. The molecule has 3 rings (SSSR count). The highest BCUT2D eigenvalue weighted by Gasteiger charge is 2.14. The molecule has 0 unspecified atom stereocenters. The van der Waals surface area contributed by atoms with Crippen LogP contribution in [0.3, 0.4) is 0 Å². The van der Waals surface area contributed by atoms with E-state index in [-0.39, 0.29) is 6.54 Å². The number of aromatic nitrogens is 4. The van der Waals surface area contributed by atoms with Crippen molar-refractivity contribution in [2.75, 3.05) is 7.11 Å². The number of rotatable bonds is 3. The average molecular weight is 268 g/mol. The van der Waals surface area contributed by atoms with Crippen LogP contribution in [0, 0.1) is 0 Å². The van der Waals surface area contributed by atoms with E-state index in [0.29, 0.717) is 5.82 Å². The normalized spacial score (nSPS) is 10.7. The molecule has 6 heteroatoms. The van der Waals surface area contributed by atoms with E-state index in [1.165, 1.54) is 11.8 Å². The van der Waals surface area contributed by atoms with Crippen molar-refractivity contribution in [1.82, 2.24) is 20.2 Å². The molecule has 0 atom stereocenters. The molecule has 3 aromatic rings. The second kappa shape index (κ2) is 5.08. The first-order valence-corrected chi connectivity index (χ1v) is 6.10. The molecule has 0 bridgehead atoms. The lowest BCUT2D eigenvalue weighted by atomic mass is 10.0. The quantitative estimate of drug-likeness (QED) is 0.676. The van der Waals surface area contributed by atoms with Crippen LogP contribution in [0.5, 0.6) is 0 Å². The van der Waals surface area contributed by atoms with Crippen LogP contribution in [0.2, 0.25) is 0 Å². The van der Waals surface area contributed by atoms with Gasteiger partial charge in [0.25, 0.3) is 0 Å². The van der Waals surface area contributed by atoms with Gasteiger partial charge >= 0.3 is 5.97 Å². The van der Waals surface area contributed by atoms with Crippen molar-refractivity contribution >= 4 is 16.7 Å². The maximum atomic E-state index is 11.4. The molecule has 1 heterocycles. The number of hydrogen-bond donors (Lipinski definition) is 0. The predicted octanol–water partition coefficient (Wildman–Crippen LogP) is 1.67. The topological polar surface area (TPSA) is 69.9 Å². The standard InChI is InChI=1S/C14H12N4O2/c1-20-13(19)9-18-14(15-16-17-18)12-8-4-6-10-5-2-3-7-11(10)12/h2-8H,9H2,1H3. The summed E-state index contributed by atoms with van der Waals surface area (Å²) in [7, 11) is 1.34. The number of ether oxygens (including phenoxy) is 1. The number of fused-ring (bicyclic) bond motifs is 1. The van der Waals surface area contributed by atoms with Crippen LogP contribution in [0.4, 0.5) is 0 Å². The van der Waals surface area contributed by atoms with Crippen molar-refractivity contribution < 1.29 is 9.53 Å². The molecule has 0 N–H and O–H groups in total. The number of benzene rings is 2. The van der Waals surface area contributed by atoms with E-state index in [0.717, 1.165) is 16.3 Å². The zero-order valence-corrected chi connectivity index (χ0v) is 10.9. The van der Waals surface area contributed by atoms with E-state index < -0.39 is 5.97 Å². The summed E-state index contributed by atoms with van der Waals surface area (Å²) in [6.07, 6.45) is 0. The van der Waals surface area contributed by atoms with Crippen molar-refractivity contribution in [3.8, 4) is 11.4 Å². The lowest BCUT2D eigenvalue weighted by molar-refractivity contribution is -0.141. The fourth-order valence-electron chi connectivity index (χ4n) is 2.11. The van der Waals surface area contributed by atoms with Gasteiger partial charge in [0.05, 0.1) is 7.11 Å². The molecular formula is C14H12N4O2. The Hall–Kier alpha value is -2.76. The Bertz CT molecular complexity index is 761. The van der Waals surface area contributed by atoms with E-state index in [9.17, 15) is 4.79 Å². The number of methoxy groups -OCH3 is 1. The molecule has 0 amide bonds. The van der Waals surface area contributed by atoms with Gasteiger partial charge in [0.2, 0.25) is 0 Å². The number of nitrogens with zero attached hydrogens (tertiary/aromatic N) is 4. The van der Waals surface area contributed by atoms with Crippen molar-refractivity contribution in [1.29, 1.82) is 0 Å². The minimum Gasteiger partial charge on any atom is -0.468 e. The third-order valence-corrected chi connectivity index (χ3v) is 3.07. The first-order valence-electron chi connectivity index (χ1n) is 6.10. The van der Waals surface area contributed by atoms with Gasteiger partial charge in [0.1, 0.15) is 6.54 Å². The van der Waals surface area contributed by atoms with E-state index >= 15 is 0 Å². The number of hydrogen-bond acceptors (Lipinski definition) is 5. The molecule has 0 fully saturated rings. The van der Waals surface area contributed by atoms with Gasteiger partial charge in [-0.05, 0) is 21.2 Å². The van der Waals surface area contributed by atoms with Gasteiger partial charge in [-0.25, -0.2) is 4.68 Å². The van der Waals surface area contributed by atoms with E-state index in [2.05, 4.69) is 20.3 Å². The zero-order valence-electron chi connectivity index (χ0n) is 10.9. The largest absolute Gasteiger partial charge is 0.468 e. The van der Waals surface area contributed by atoms with Crippen LogP contribution in [0.15, 0.2) is 42.5 Å². The summed E-state index contributed by atoms with van der Waals surface area (Å²) in [5.74, 6) is 0.158. The fraction of sp³-hybridized carbons (Fsp3) is 0.143. The molecule has 0 spiro atoms. The Labute approximate surface area is 115 Å². The van der Waals surface area contributed by atoms with Crippen molar-refractivity contribution in [3.05, 3.63) is 42.5 Å². The van der Waals surface area contributed by atoms with Gasteiger partial charge in [-0.1, -0.05) is 42.5 Å². The van der Waals surface area contributed by atoms with E-state index in [1.807, 2.05) is 42.5 Å². The molecule has 20 heavy (non-hydrogen) atoms. The van der Waals surface area contributed by atoms with Crippen LogP contribution < -0.4 is 0 Å². The van der Waals surface area contributed by atoms with Gasteiger partial charge in [-0.15, -0.1) is 5.10 Å². The first-order chi connectivity index (χ1) is 9.79. The SMILES string of the molecule is COC(=O)Cn1nnnc1-c1cccc2ccccc12. The lowest BCUT2D eigenvalue weighted by Gasteiger charge is -2.06. The summed E-state index contributed by atoms with van der Waals surface area (Å²) in [4.78, 5) is 11.4. The third-order valence-electron chi connectivity index (χ3n) is 3.07. The number of carbonyl (C=O) groups excluding carboxylic acids is 1. The van der Waals surface area contributed by atoms with Gasteiger partial charge in [0.15, 0.2) is 5.82 Å². The Kier molecular flexibility index (Phi) is 3.12. The number of carbonyl (C=O) groups is 1. The summed E-state index contributed by atoms with van der Waals surface area (Å²) in [5, 5.41) is 13.6. The summed E-state index contributed by atoms with van der Waals surface area (Å²) in [5.41, 5.74) is 0.886. The molecule has 0 saturated heterocycles. The Morgan fingerprint density at radius 3 is 2.85 bits per heavy atom. The highest BCUT2D eigenvalue weighted by molar-refractivity contribution is 5.95. The molecule has 0 saturated carbocycles. The highest BCUT2D eigenvalue weighted by atomic mass is 16.5. The minimum absolute atomic E-state index is 0.0119. The molecule has 0 radical (unpaired) electrons. The van der Waals surface area contributed by atoms with Crippen molar-refractivity contribution in [2.45, 2.75) is 6.54 Å². The molecule has 0 aliphatic heterocycles. The van der Waals surface area contributed by atoms with E-state index in [1.54, 1.807) is 0 Å². The van der Waals surface area contributed by atoms with Crippen LogP contribution >= 0.6 is 0 Å². The molecule has 100 valence electrons. The van der Waals surface area contributed by atoms with Gasteiger partial charge in [-0.2, -0.15) is 0 Å². The maximum absolute atomic E-state index is 11.4. The third kappa shape index (κ3) is 2.11. The minimum atomic E-state index is -0.390. The smallest absolute Gasteiger partial charge is 0.327 e. The summed E-state index contributed by atoms with van der Waals surface area (Å²) in [6.45, 7) is -0.0119. The second-order valence-electron chi connectivity index (χ2n) is 4.26. The molecule has 1 aromatic heterocycles. The molecule has 0 aliphatic rings. The van der Waals surface area contributed by atoms with Crippen molar-refractivity contribution in [2.24, 2.45) is 0 Å². The Balaban J connectivity index is 2.12. The number of esters is 1. The fourth-order valence-corrected chi connectivity index (χ4v) is 2.11. The molecule has 0 aliphatic carbocycles. The van der Waals surface area contributed by atoms with Crippen molar-refractivity contribution in [3.63, 3.8) is 0 Å². The summed E-state index contributed by atoms with van der Waals surface area (Å²) in [6, 6.07) is 13.9. The van der Waals surface area contributed by atoms with Gasteiger partial charge in [0, 0.05) is 5.56 Å². The van der Waals surface area contributed by atoms with Crippen LogP contribution in [-0.2, 0) is 16.1 Å². The molecule has 2 aromatic carbocycles. The van der Waals surface area contributed by atoms with Gasteiger partial charge in [-0.3, -0.25) is 4.79 Å². The van der Waals surface area contributed by atoms with E-state index in [4.69, 9.17) is 0 Å². The Morgan fingerprint density at radius 1 is 1.20 bits per heavy atom. The summed E-state index contributed by atoms with van der Waals surface area (Å²) < 4.78 is 6.08. The molecule has 6 nitrogen and oxygen atoms in total. The molecular weight excluding hydrogens is 256 g/mol. The summed E-state index contributed by atoms with van der Waals surface area (Å²) >= 11 is 0. The second-order valence-corrected chi connectivity index (χ2v) is 4.26. The van der Waals surface area contributed by atoms with Crippen LogP contribution in [-0.4, -0.2) is 33.3 Å². The Morgan fingerprint density at radius 2 is 2.00 bits per heavy atom. The van der Waals surface area contributed by atoms with Gasteiger partial charge < -0.3 is 4.74 Å².